The first kappa shape index (κ1) is 15.7. The number of hydrogen-bond donors (Lipinski definition) is 1. The molecule has 1 N–H and O–H groups in total. The maximum absolute atomic E-state index is 12.4. The van der Waals surface area contributed by atoms with Gasteiger partial charge in [0.1, 0.15) is 0 Å². The molecule has 1 unspecified atom stereocenters. The molecule has 1 atom stereocenters. The molecule has 1 aliphatic rings. The number of rotatable bonds is 3. The van der Waals surface area contributed by atoms with E-state index in [-0.39, 0.29) is 12.6 Å². The van der Waals surface area contributed by atoms with Crippen molar-refractivity contribution in [1.29, 1.82) is 0 Å². The number of nitrogens with one attached hydrogen (secondary N) is 1. The number of carbonyl (C=O) groups excluding carboxylic acids is 1. The number of amides is 2. The third-order valence-corrected chi connectivity index (χ3v) is 4.43. The molecule has 1 aliphatic heterocycles. The van der Waals surface area contributed by atoms with Gasteiger partial charge in [0.15, 0.2) is 5.15 Å². The first-order chi connectivity index (χ1) is 11.2. The minimum atomic E-state index is -0.0765. The van der Waals surface area contributed by atoms with Gasteiger partial charge in [0, 0.05) is 31.4 Å². The summed E-state index contributed by atoms with van der Waals surface area (Å²) < 4.78 is 0. The summed E-state index contributed by atoms with van der Waals surface area (Å²) in [7, 11) is 0. The van der Waals surface area contributed by atoms with Crippen molar-refractivity contribution in [3.63, 3.8) is 0 Å². The Morgan fingerprint density at radius 2 is 2.04 bits per heavy atom. The molecule has 1 aromatic heterocycles. The van der Waals surface area contributed by atoms with Crippen molar-refractivity contribution in [2.45, 2.75) is 25.3 Å². The second-order valence-corrected chi connectivity index (χ2v) is 6.01. The second-order valence-electron chi connectivity index (χ2n) is 5.65. The minimum absolute atomic E-state index is 0.0765. The SMILES string of the molecule is O=C(NCc1nccnc1Cl)N1CCCC(c2ccccc2)C1. The summed E-state index contributed by atoms with van der Waals surface area (Å²) in [6.07, 6.45) is 5.23. The standard InChI is InChI=1S/C17H19ClN4O/c18-16-15(19-8-9-20-16)11-21-17(23)22-10-4-7-14(12-22)13-5-2-1-3-6-13/h1-3,5-6,8-9,14H,4,7,10-12H2,(H,21,23). The zero-order valence-corrected chi connectivity index (χ0v) is 13.5. The van der Waals surface area contributed by atoms with Crippen LogP contribution in [-0.2, 0) is 6.54 Å². The molecule has 5 nitrogen and oxygen atoms in total. The average Bonchev–Trinajstić information content (AvgIpc) is 2.62. The van der Waals surface area contributed by atoms with Crippen LogP contribution < -0.4 is 5.32 Å². The van der Waals surface area contributed by atoms with Gasteiger partial charge in [-0.3, -0.25) is 4.98 Å². The summed E-state index contributed by atoms with van der Waals surface area (Å²) >= 11 is 5.96. The Kier molecular flexibility index (Phi) is 5.08. The van der Waals surface area contributed by atoms with E-state index in [1.165, 1.54) is 11.8 Å². The Balaban J connectivity index is 1.58. The van der Waals surface area contributed by atoms with E-state index >= 15 is 0 Å². The van der Waals surface area contributed by atoms with Gasteiger partial charge < -0.3 is 10.2 Å². The third-order valence-electron chi connectivity index (χ3n) is 4.11. The van der Waals surface area contributed by atoms with Crippen LogP contribution >= 0.6 is 11.6 Å². The van der Waals surface area contributed by atoms with E-state index in [9.17, 15) is 4.79 Å². The Labute approximate surface area is 140 Å². The van der Waals surface area contributed by atoms with Crippen LogP contribution in [0.25, 0.3) is 0 Å². The molecule has 6 heteroatoms. The summed E-state index contributed by atoms with van der Waals surface area (Å²) in [6, 6.07) is 10.3. The molecule has 0 radical (unpaired) electrons. The predicted octanol–water partition coefficient (Wildman–Crippen LogP) is 3.22. The molecule has 0 saturated carbocycles. The van der Waals surface area contributed by atoms with Crippen LogP contribution in [0.5, 0.6) is 0 Å². The van der Waals surface area contributed by atoms with Crippen molar-refractivity contribution >= 4 is 17.6 Å². The Morgan fingerprint density at radius 3 is 2.83 bits per heavy atom. The molecule has 2 amide bonds. The van der Waals surface area contributed by atoms with Gasteiger partial charge in [-0.05, 0) is 18.4 Å². The number of piperidine rings is 1. The van der Waals surface area contributed by atoms with E-state index in [2.05, 4.69) is 27.4 Å². The van der Waals surface area contributed by atoms with Crippen LogP contribution in [0.1, 0.15) is 30.0 Å². The molecule has 3 rings (SSSR count). The lowest BCUT2D eigenvalue weighted by atomic mass is 9.91. The van der Waals surface area contributed by atoms with Gasteiger partial charge in [-0.2, -0.15) is 0 Å². The first-order valence-corrected chi connectivity index (χ1v) is 8.15. The van der Waals surface area contributed by atoms with Crippen molar-refractivity contribution in [3.05, 3.63) is 59.1 Å². The van der Waals surface area contributed by atoms with Crippen LogP contribution in [0, 0.1) is 0 Å². The second kappa shape index (κ2) is 7.42. The summed E-state index contributed by atoms with van der Waals surface area (Å²) in [5, 5.41) is 3.21. The summed E-state index contributed by atoms with van der Waals surface area (Å²) in [5.41, 5.74) is 1.88. The lowest BCUT2D eigenvalue weighted by molar-refractivity contribution is 0.179. The van der Waals surface area contributed by atoms with Crippen molar-refractivity contribution in [2.75, 3.05) is 13.1 Å². The molecule has 1 aromatic carbocycles. The number of benzene rings is 1. The van der Waals surface area contributed by atoms with E-state index < -0.39 is 0 Å². The van der Waals surface area contributed by atoms with Crippen molar-refractivity contribution in [3.8, 4) is 0 Å². The normalized spacial score (nSPS) is 17.8. The first-order valence-electron chi connectivity index (χ1n) is 7.77. The predicted molar refractivity (Wildman–Crippen MR) is 89.3 cm³/mol. The van der Waals surface area contributed by atoms with Gasteiger partial charge in [-0.15, -0.1) is 0 Å². The molecule has 2 heterocycles. The minimum Gasteiger partial charge on any atom is -0.332 e. The molecule has 2 aromatic rings. The fourth-order valence-corrected chi connectivity index (χ4v) is 3.07. The highest BCUT2D eigenvalue weighted by Gasteiger charge is 2.24. The highest BCUT2D eigenvalue weighted by Crippen LogP contribution is 2.26. The molecular formula is C17H19ClN4O. The molecule has 0 bridgehead atoms. The average molecular weight is 331 g/mol. The number of nitrogens with zero attached hydrogens (tertiary/aromatic N) is 3. The van der Waals surface area contributed by atoms with Crippen molar-refractivity contribution in [1.82, 2.24) is 20.2 Å². The fraction of sp³-hybridized carbons (Fsp3) is 0.353. The Bertz CT molecular complexity index is 665. The largest absolute Gasteiger partial charge is 0.332 e. The summed E-state index contributed by atoms with van der Waals surface area (Å²) in [4.78, 5) is 22.3. The summed E-state index contributed by atoms with van der Waals surface area (Å²) in [5.74, 6) is 0.399. The van der Waals surface area contributed by atoms with Crippen LogP contribution in [0.15, 0.2) is 42.7 Å². The van der Waals surface area contributed by atoms with Crippen LogP contribution in [0.3, 0.4) is 0 Å². The third kappa shape index (κ3) is 3.99. The maximum atomic E-state index is 12.4. The molecule has 0 aliphatic carbocycles. The number of urea groups is 1. The van der Waals surface area contributed by atoms with E-state index in [0.29, 0.717) is 16.8 Å². The zero-order chi connectivity index (χ0) is 16.1. The van der Waals surface area contributed by atoms with Gasteiger partial charge in [-0.1, -0.05) is 41.9 Å². The molecule has 1 saturated heterocycles. The van der Waals surface area contributed by atoms with E-state index in [0.717, 1.165) is 25.9 Å². The monoisotopic (exact) mass is 330 g/mol. The maximum Gasteiger partial charge on any atom is 0.317 e. The van der Waals surface area contributed by atoms with Gasteiger partial charge in [0.2, 0.25) is 0 Å². The molecule has 1 fully saturated rings. The quantitative estimate of drug-likeness (QED) is 0.940. The number of halogens is 1. The van der Waals surface area contributed by atoms with Gasteiger partial charge in [-0.25, -0.2) is 9.78 Å². The smallest absolute Gasteiger partial charge is 0.317 e. The molecule has 23 heavy (non-hydrogen) atoms. The van der Waals surface area contributed by atoms with E-state index in [4.69, 9.17) is 11.6 Å². The Morgan fingerprint density at radius 1 is 1.26 bits per heavy atom. The molecule has 120 valence electrons. The van der Waals surface area contributed by atoms with Crippen LogP contribution in [0.2, 0.25) is 5.15 Å². The highest BCUT2D eigenvalue weighted by atomic mass is 35.5. The Hall–Kier alpha value is -2.14. The molecular weight excluding hydrogens is 312 g/mol. The zero-order valence-electron chi connectivity index (χ0n) is 12.8. The lowest BCUT2D eigenvalue weighted by Crippen LogP contribution is -2.44. The van der Waals surface area contributed by atoms with Gasteiger partial charge in [0.05, 0.1) is 12.2 Å². The number of likely N-dealkylation sites (tertiary alicyclic amines) is 1. The van der Waals surface area contributed by atoms with E-state index in [1.54, 1.807) is 6.20 Å². The van der Waals surface area contributed by atoms with Gasteiger partial charge in [0.25, 0.3) is 0 Å². The number of carbonyl (C=O) groups is 1. The lowest BCUT2D eigenvalue weighted by Gasteiger charge is -2.33. The van der Waals surface area contributed by atoms with Crippen molar-refractivity contribution < 1.29 is 4.79 Å². The fourth-order valence-electron chi connectivity index (χ4n) is 2.90. The van der Waals surface area contributed by atoms with E-state index in [1.807, 2.05) is 23.1 Å². The van der Waals surface area contributed by atoms with Crippen LogP contribution in [-0.4, -0.2) is 34.0 Å². The molecule has 0 spiro atoms. The van der Waals surface area contributed by atoms with Crippen LogP contribution in [0.4, 0.5) is 4.79 Å². The number of aromatic nitrogens is 2. The highest BCUT2D eigenvalue weighted by molar-refractivity contribution is 6.29. The van der Waals surface area contributed by atoms with Gasteiger partial charge >= 0.3 is 6.03 Å². The summed E-state index contributed by atoms with van der Waals surface area (Å²) in [6.45, 7) is 1.81. The number of hydrogen-bond acceptors (Lipinski definition) is 3. The van der Waals surface area contributed by atoms with Crippen molar-refractivity contribution in [2.24, 2.45) is 0 Å². The topological polar surface area (TPSA) is 58.1 Å².